The van der Waals surface area contributed by atoms with Gasteiger partial charge in [-0.15, -0.1) is 0 Å². The van der Waals surface area contributed by atoms with Crippen molar-refractivity contribution in [3.05, 3.63) is 35.2 Å². The maximum atomic E-state index is 11.0. The SMILES string of the molecule is C=CC(=O)OCCCCC(O[SiH3])(O[SiH2]C(C)=CC)O[SiH2]C(C)=CC. The second-order valence-corrected chi connectivity index (χ2v) is 9.36. The third kappa shape index (κ3) is 10.2. The molecule has 0 aromatic carbocycles. The van der Waals surface area contributed by atoms with Gasteiger partial charge in [0.2, 0.25) is 0 Å². The fourth-order valence-corrected chi connectivity index (χ4v) is 4.69. The van der Waals surface area contributed by atoms with Crippen LogP contribution in [-0.4, -0.2) is 48.6 Å². The number of ether oxygens (including phenoxy) is 1. The van der Waals surface area contributed by atoms with Gasteiger partial charge in [0.05, 0.1) is 6.61 Å². The molecule has 0 unspecified atom stereocenters. The van der Waals surface area contributed by atoms with Crippen LogP contribution in [0.2, 0.25) is 0 Å². The summed E-state index contributed by atoms with van der Waals surface area (Å²) in [5.74, 6) is -1.30. The van der Waals surface area contributed by atoms with Gasteiger partial charge in [0.15, 0.2) is 30.0 Å². The molecule has 0 saturated heterocycles. The molecule has 0 atom stereocenters. The zero-order valence-corrected chi connectivity index (χ0v) is 20.6. The van der Waals surface area contributed by atoms with E-state index in [1.165, 1.54) is 16.5 Å². The molecule has 0 spiro atoms. The summed E-state index contributed by atoms with van der Waals surface area (Å²) >= 11 is 0. The minimum atomic E-state index is -0.915. The number of unbranched alkanes of at least 4 members (excludes halogenated alkanes) is 1. The summed E-state index contributed by atoms with van der Waals surface area (Å²) in [7, 11) is -1.16. The quantitative estimate of drug-likeness (QED) is 0.154. The Bertz CT molecular complexity index is 427. The van der Waals surface area contributed by atoms with Gasteiger partial charge in [0.1, 0.15) is 0 Å². The predicted octanol–water partition coefficient (Wildman–Crippen LogP) is 0.885. The summed E-state index contributed by atoms with van der Waals surface area (Å²) in [4.78, 5) is 11.0. The van der Waals surface area contributed by atoms with Gasteiger partial charge < -0.3 is 18.0 Å². The van der Waals surface area contributed by atoms with Crippen molar-refractivity contribution in [1.82, 2.24) is 0 Å². The smallest absolute Gasteiger partial charge is 0.330 e. The molecule has 0 aromatic rings. The van der Waals surface area contributed by atoms with Crippen molar-refractivity contribution in [2.75, 3.05) is 6.61 Å². The molecule has 0 saturated carbocycles. The Morgan fingerprint density at radius 3 is 2.08 bits per heavy atom. The number of carbonyl (C=O) groups excluding carboxylic acids is 1. The lowest BCUT2D eigenvalue weighted by molar-refractivity contribution is -0.257. The molecule has 5 nitrogen and oxygen atoms in total. The molecule has 138 valence electrons. The molecule has 0 aliphatic rings. The first-order valence-electron chi connectivity index (χ1n) is 8.28. The van der Waals surface area contributed by atoms with Gasteiger partial charge in [-0.05, 0) is 40.5 Å². The third-order valence-corrected chi connectivity index (χ3v) is 7.14. The van der Waals surface area contributed by atoms with Crippen molar-refractivity contribution < 1.29 is 22.8 Å². The molecule has 0 rings (SSSR count). The molecule has 24 heavy (non-hydrogen) atoms. The fourth-order valence-electron chi connectivity index (χ4n) is 1.70. The van der Waals surface area contributed by atoms with Gasteiger partial charge in [-0.25, -0.2) is 4.79 Å². The monoisotopic (exact) mass is 388 g/mol. The van der Waals surface area contributed by atoms with Crippen LogP contribution in [0.1, 0.15) is 47.0 Å². The third-order valence-electron chi connectivity index (χ3n) is 3.62. The first-order chi connectivity index (χ1) is 11.4. The van der Waals surface area contributed by atoms with Crippen LogP contribution in [0.5, 0.6) is 0 Å². The molecule has 8 heteroatoms. The highest BCUT2D eigenvalue weighted by atomic mass is 28.2. The Kier molecular flexibility index (Phi) is 13.1. The number of rotatable bonds is 13. The summed E-state index contributed by atoms with van der Waals surface area (Å²) in [5.41, 5.74) is 0. The molecule has 0 N–H and O–H groups in total. The molecule has 0 aromatic heterocycles. The highest BCUT2D eigenvalue weighted by Crippen LogP contribution is 2.22. The zero-order chi connectivity index (χ0) is 18.4. The zero-order valence-electron chi connectivity index (χ0n) is 15.7. The van der Waals surface area contributed by atoms with Gasteiger partial charge in [-0.1, -0.05) is 29.1 Å². The molecule has 0 aliphatic carbocycles. The Morgan fingerprint density at radius 2 is 1.67 bits per heavy atom. The fraction of sp³-hybridized carbons (Fsp3) is 0.562. The van der Waals surface area contributed by atoms with E-state index >= 15 is 0 Å². The van der Waals surface area contributed by atoms with E-state index in [-0.39, 0.29) is 5.97 Å². The molecule has 0 radical (unpaired) electrons. The van der Waals surface area contributed by atoms with E-state index in [0.717, 1.165) is 12.8 Å². The van der Waals surface area contributed by atoms with Crippen LogP contribution in [0.25, 0.3) is 0 Å². The standard InChI is InChI=1S/C16H32O5Si3/c1-6-13(4)23-20-16(19-22,21-24-14(5)7-2)11-9-10-12-18-15(17)8-3/h6-8H,3,9-12,23-24H2,1-2,4-5,22H3. The van der Waals surface area contributed by atoms with Crippen molar-refractivity contribution >= 4 is 36.0 Å². The van der Waals surface area contributed by atoms with E-state index in [0.29, 0.717) is 23.5 Å². The first kappa shape index (κ1) is 23.2. The van der Waals surface area contributed by atoms with Crippen LogP contribution in [0, 0.1) is 0 Å². The van der Waals surface area contributed by atoms with Crippen molar-refractivity contribution in [3.8, 4) is 0 Å². The maximum Gasteiger partial charge on any atom is 0.330 e. The second-order valence-electron chi connectivity index (χ2n) is 5.56. The summed E-state index contributed by atoms with van der Waals surface area (Å²) in [6.45, 7) is 11.9. The average Bonchev–Trinajstić information content (AvgIpc) is 2.62. The summed E-state index contributed by atoms with van der Waals surface area (Å²) in [6.07, 6.45) is 7.53. The van der Waals surface area contributed by atoms with Crippen LogP contribution in [0.4, 0.5) is 0 Å². The van der Waals surface area contributed by atoms with Crippen LogP contribution in [-0.2, 0) is 22.8 Å². The normalized spacial score (nSPS) is 16.2. The summed E-state index contributed by atoms with van der Waals surface area (Å²) in [6, 6.07) is 0. The minimum absolute atomic E-state index is 0.374. The second kappa shape index (κ2) is 13.5. The van der Waals surface area contributed by atoms with E-state index in [2.05, 4.69) is 32.6 Å². The molecule has 0 aliphatic heterocycles. The van der Waals surface area contributed by atoms with Crippen molar-refractivity contribution in [3.63, 3.8) is 0 Å². The summed E-state index contributed by atoms with van der Waals surface area (Å²) in [5, 5.41) is 2.54. The Morgan fingerprint density at radius 1 is 1.12 bits per heavy atom. The topological polar surface area (TPSA) is 54.0 Å². The van der Waals surface area contributed by atoms with Crippen molar-refractivity contribution in [2.45, 2.75) is 52.9 Å². The van der Waals surface area contributed by atoms with Crippen molar-refractivity contribution in [1.29, 1.82) is 0 Å². The lowest BCUT2D eigenvalue weighted by Crippen LogP contribution is -2.41. The van der Waals surface area contributed by atoms with E-state index in [1.807, 2.05) is 13.8 Å². The number of hydrogen-bond donors (Lipinski definition) is 0. The Labute approximate surface area is 153 Å². The molecule has 0 heterocycles. The molecular formula is C16H32O5Si3. The number of carbonyl (C=O) groups is 1. The van der Waals surface area contributed by atoms with E-state index in [4.69, 9.17) is 18.0 Å². The van der Waals surface area contributed by atoms with Gasteiger partial charge in [0, 0.05) is 12.5 Å². The number of hydrogen-bond acceptors (Lipinski definition) is 5. The average molecular weight is 389 g/mol. The highest BCUT2D eigenvalue weighted by Gasteiger charge is 2.30. The number of esters is 1. The van der Waals surface area contributed by atoms with E-state index in [1.54, 1.807) is 0 Å². The number of allylic oxidation sites excluding steroid dienone is 4. The predicted molar refractivity (Wildman–Crippen MR) is 107 cm³/mol. The Balaban J connectivity index is 4.62. The van der Waals surface area contributed by atoms with Crippen LogP contribution < -0.4 is 0 Å². The van der Waals surface area contributed by atoms with Gasteiger partial charge >= 0.3 is 5.97 Å². The maximum absolute atomic E-state index is 11.0. The van der Waals surface area contributed by atoms with Crippen LogP contribution >= 0.6 is 0 Å². The van der Waals surface area contributed by atoms with Crippen LogP contribution in [0.3, 0.4) is 0 Å². The summed E-state index contributed by atoms with van der Waals surface area (Å²) < 4.78 is 23.0. The molecular weight excluding hydrogens is 356 g/mol. The van der Waals surface area contributed by atoms with Gasteiger partial charge in [-0.2, -0.15) is 0 Å². The van der Waals surface area contributed by atoms with Crippen molar-refractivity contribution in [2.24, 2.45) is 0 Å². The van der Waals surface area contributed by atoms with Crippen LogP contribution in [0.15, 0.2) is 35.2 Å². The first-order valence-corrected chi connectivity index (χ1v) is 11.7. The lowest BCUT2D eigenvalue weighted by atomic mass is 10.2. The molecule has 0 amide bonds. The van der Waals surface area contributed by atoms with Gasteiger partial charge in [-0.3, -0.25) is 0 Å². The van der Waals surface area contributed by atoms with E-state index in [9.17, 15) is 4.79 Å². The van der Waals surface area contributed by atoms with E-state index < -0.39 is 25.5 Å². The lowest BCUT2D eigenvalue weighted by Gasteiger charge is -2.34. The van der Waals surface area contributed by atoms with Gasteiger partial charge in [0.25, 0.3) is 5.97 Å². The minimum Gasteiger partial charge on any atom is -0.463 e. The Hall–Kier alpha value is -0.779. The molecule has 0 bridgehead atoms. The highest BCUT2D eigenvalue weighted by molar-refractivity contribution is 6.39. The molecule has 0 fully saturated rings. The largest absolute Gasteiger partial charge is 0.463 e.